The van der Waals surface area contributed by atoms with Crippen LogP contribution in [-0.2, 0) is 6.54 Å². The fourth-order valence-electron chi connectivity index (χ4n) is 2.25. The summed E-state index contributed by atoms with van der Waals surface area (Å²) in [4.78, 5) is 3.65. The van der Waals surface area contributed by atoms with Gasteiger partial charge in [0.05, 0.1) is 12.2 Å². The maximum absolute atomic E-state index is 3.71. The average Bonchev–Trinajstić information content (AvgIpc) is 2.91. The first-order valence-corrected chi connectivity index (χ1v) is 8.55. The molecule has 20 heavy (non-hydrogen) atoms. The van der Waals surface area contributed by atoms with Crippen LogP contribution in [0.5, 0.6) is 0 Å². The van der Waals surface area contributed by atoms with E-state index in [1.807, 2.05) is 0 Å². The molecule has 1 heterocycles. The largest absolute Gasteiger partial charge is 0.369 e. The SMILES string of the molecule is CCNC(C)c1ccc(N(C)Cc2cccs2)c(Br)c1. The summed E-state index contributed by atoms with van der Waals surface area (Å²) in [7, 11) is 2.13. The fraction of sp³-hybridized carbons (Fsp3) is 0.375. The van der Waals surface area contributed by atoms with Gasteiger partial charge in [0.1, 0.15) is 0 Å². The summed E-state index contributed by atoms with van der Waals surface area (Å²) in [6.45, 7) is 6.26. The standard InChI is InChI=1S/C16H21BrN2S/c1-4-18-12(2)13-7-8-16(15(17)10-13)19(3)11-14-6-5-9-20-14/h5-10,12,18H,4,11H2,1-3H3. The van der Waals surface area contributed by atoms with Crippen LogP contribution in [0, 0.1) is 0 Å². The Bertz CT molecular complexity index is 539. The van der Waals surface area contributed by atoms with Crippen LogP contribution in [0.2, 0.25) is 0 Å². The summed E-state index contributed by atoms with van der Waals surface area (Å²) in [5.41, 5.74) is 2.54. The van der Waals surface area contributed by atoms with Gasteiger partial charge in [0.2, 0.25) is 0 Å². The molecule has 4 heteroatoms. The summed E-state index contributed by atoms with van der Waals surface area (Å²) in [5, 5.41) is 5.57. The van der Waals surface area contributed by atoms with Gasteiger partial charge in [-0.2, -0.15) is 0 Å². The number of halogens is 1. The average molecular weight is 353 g/mol. The van der Waals surface area contributed by atoms with Crippen molar-refractivity contribution in [1.29, 1.82) is 0 Å². The summed E-state index contributed by atoms with van der Waals surface area (Å²) in [6.07, 6.45) is 0. The molecular weight excluding hydrogens is 332 g/mol. The molecule has 2 nitrogen and oxygen atoms in total. The van der Waals surface area contributed by atoms with Crippen molar-refractivity contribution in [2.75, 3.05) is 18.5 Å². The van der Waals surface area contributed by atoms with Crippen molar-refractivity contribution in [3.05, 3.63) is 50.6 Å². The van der Waals surface area contributed by atoms with E-state index in [-0.39, 0.29) is 0 Å². The van der Waals surface area contributed by atoms with E-state index in [9.17, 15) is 0 Å². The number of nitrogens with one attached hydrogen (secondary N) is 1. The number of hydrogen-bond acceptors (Lipinski definition) is 3. The zero-order chi connectivity index (χ0) is 14.5. The highest BCUT2D eigenvalue weighted by Crippen LogP contribution is 2.30. The van der Waals surface area contributed by atoms with Gasteiger partial charge in [0.15, 0.2) is 0 Å². The monoisotopic (exact) mass is 352 g/mol. The summed E-state index contributed by atoms with van der Waals surface area (Å²) >= 11 is 5.50. The molecule has 0 saturated carbocycles. The molecule has 2 rings (SSSR count). The third-order valence-electron chi connectivity index (χ3n) is 3.37. The van der Waals surface area contributed by atoms with Crippen LogP contribution in [0.4, 0.5) is 5.69 Å². The molecule has 2 aromatic rings. The van der Waals surface area contributed by atoms with Gasteiger partial charge in [-0.15, -0.1) is 11.3 Å². The normalized spacial score (nSPS) is 12.4. The van der Waals surface area contributed by atoms with E-state index in [0.29, 0.717) is 6.04 Å². The third kappa shape index (κ3) is 3.84. The second-order valence-corrected chi connectivity index (χ2v) is 6.81. The van der Waals surface area contributed by atoms with Crippen LogP contribution >= 0.6 is 27.3 Å². The summed E-state index contributed by atoms with van der Waals surface area (Å²) < 4.78 is 1.15. The molecule has 0 fully saturated rings. The molecule has 0 radical (unpaired) electrons. The Hall–Kier alpha value is -0.840. The predicted octanol–water partition coefficient (Wildman–Crippen LogP) is 4.82. The molecule has 0 aliphatic heterocycles. The van der Waals surface area contributed by atoms with Gasteiger partial charge in [0, 0.05) is 22.4 Å². The van der Waals surface area contributed by atoms with Crippen LogP contribution in [0.3, 0.4) is 0 Å². The van der Waals surface area contributed by atoms with Gasteiger partial charge >= 0.3 is 0 Å². The zero-order valence-electron chi connectivity index (χ0n) is 12.2. The predicted molar refractivity (Wildman–Crippen MR) is 92.7 cm³/mol. The van der Waals surface area contributed by atoms with Crippen LogP contribution < -0.4 is 10.2 Å². The number of nitrogens with zero attached hydrogens (tertiary/aromatic N) is 1. The van der Waals surface area contributed by atoms with Gasteiger partial charge < -0.3 is 10.2 Å². The summed E-state index contributed by atoms with van der Waals surface area (Å²) in [6, 6.07) is 11.3. The molecule has 108 valence electrons. The van der Waals surface area contributed by atoms with Crippen molar-refractivity contribution in [3.63, 3.8) is 0 Å². The molecule has 1 aromatic carbocycles. The second-order valence-electron chi connectivity index (χ2n) is 4.93. The summed E-state index contributed by atoms with van der Waals surface area (Å²) in [5.74, 6) is 0. The number of benzene rings is 1. The maximum atomic E-state index is 3.71. The van der Waals surface area contributed by atoms with E-state index >= 15 is 0 Å². The van der Waals surface area contributed by atoms with E-state index < -0.39 is 0 Å². The van der Waals surface area contributed by atoms with Crippen molar-refractivity contribution < 1.29 is 0 Å². The molecule has 1 N–H and O–H groups in total. The highest BCUT2D eigenvalue weighted by atomic mass is 79.9. The number of hydrogen-bond donors (Lipinski definition) is 1. The molecular formula is C16H21BrN2S. The van der Waals surface area contributed by atoms with Crippen molar-refractivity contribution in [3.8, 4) is 0 Å². The first kappa shape index (κ1) is 15.5. The molecule has 0 aliphatic rings. The quantitative estimate of drug-likeness (QED) is 0.801. The van der Waals surface area contributed by atoms with Crippen molar-refractivity contribution in [1.82, 2.24) is 5.32 Å². The van der Waals surface area contributed by atoms with Crippen molar-refractivity contribution in [2.24, 2.45) is 0 Å². The Balaban J connectivity index is 2.12. The minimum Gasteiger partial charge on any atom is -0.369 e. The first-order chi connectivity index (χ1) is 9.61. The lowest BCUT2D eigenvalue weighted by atomic mass is 10.1. The minimum atomic E-state index is 0.382. The Morgan fingerprint density at radius 3 is 2.75 bits per heavy atom. The maximum Gasteiger partial charge on any atom is 0.0519 e. The van der Waals surface area contributed by atoms with Crippen LogP contribution in [0.25, 0.3) is 0 Å². The topological polar surface area (TPSA) is 15.3 Å². The Morgan fingerprint density at radius 1 is 1.35 bits per heavy atom. The Morgan fingerprint density at radius 2 is 2.15 bits per heavy atom. The molecule has 1 unspecified atom stereocenters. The molecule has 1 atom stereocenters. The zero-order valence-corrected chi connectivity index (χ0v) is 14.6. The highest BCUT2D eigenvalue weighted by molar-refractivity contribution is 9.10. The van der Waals surface area contributed by atoms with Crippen LogP contribution in [0.1, 0.15) is 30.3 Å². The van der Waals surface area contributed by atoms with Gasteiger partial charge in [-0.05, 0) is 58.5 Å². The van der Waals surface area contributed by atoms with Gasteiger partial charge in [-0.1, -0.05) is 19.1 Å². The van der Waals surface area contributed by atoms with Gasteiger partial charge in [-0.3, -0.25) is 0 Å². The van der Waals surface area contributed by atoms with Crippen molar-refractivity contribution in [2.45, 2.75) is 26.4 Å². The number of anilines is 1. The van der Waals surface area contributed by atoms with E-state index in [2.05, 4.69) is 82.8 Å². The van der Waals surface area contributed by atoms with E-state index in [1.54, 1.807) is 11.3 Å². The second kappa shape index (κ2) is 7.25. The van der Waals surface area contributed by atoms with Gasteiger partial charge in [-0.25, -0.2) is 0 Å². The lowest BCUT2D eigenvalue weighted by Crippen LogP contribution is -2.19. The molecule has 0 saturated heterocycles. The van der Waals surface area contributed by atoms with E-state index in [1.165, 1.54) is 16.1 Å². The van der Waals surface area contributed by atoms with Crippen LogP contribution in [-0.4, -0.2) is 13.6 Å². The van der Waals surface area contributed by atoms with E-state index in [0.717, 1.165) is 17.6 Å². The fourth-order valence-corrected chi connectivity index (χ4v) is 3.70. The minimum absolute atomic E-state index is 0.382. The molecule has 0 amide bonds. The molecule has 1 aromatic heterocycles. The number of rotatable bonds is 6. The van der Waals surface area contributed by atoms with Crippen molar-refractivity contribution >= 4 is 33.0 Å². The van der Waals surface area contributed by atoms with Gasteiger partial charge in [0.25, 0.3) is 0 Å². The molecule has 0 aliphatic carbocycles. The lowest BCUT2D eigenvalue weighted by Gasteiger charge is -2.22. The third-order valence-corrected chi connectivity index (χ3v) is 4.86. The van der Waals surface area contributed by atoms with Crippen LogP contribution in [0.15, 0.2) is 40.2 Å². The lowest BCUT2D eigenvalue weighted by molar-refractivity contribution is 0.598. The molecule has 0 bridgehead atoms. The smallest absolute Gasteiger partial charge is 0.0519 e. The first-order valence-electron chi connectivity index (χ1n) is 6.88. The Kier molecular flexibility index (Phi) is 5.64. The Labute approximate surface area is 133 Å². The van der Waals surface area contributed by atoms with E-state index in [4.69, 9.17) is 0 Å². The molecule has 0 spiro atoms. The highest BCUT2D eigenvalue weighted by Gasteiger charge is 2.10. The number of thiophene rings is 1.